The number of halogens is 1. The zero-order valence-electron chi connectivity index (χ0n) is 10.6. The number of carbonyl (C=O) groups excluding carboxylic acids is 1. The largest absolute Gasteiger partial charge is 0.370 e. The molecule has 1 heterocycles. The Morgan fingerprint density at radius 2 is 2.39 bits per heavy atom. The molecule has 0 spiro atoms. The third kappa shape index (κ3) is 3.33. The Kier molecular flexibility index (Phi) is 4.78. The standard InChI is InChI=1S/C14H18BrNO2/c1-2-4-14(17)16-7-8-18-13(10-16)11-5-3-6-12(15)9-11/h3,5-6,9,13H,2,4,7-8,10H2,1H3. The van der Waals surface area contributed by atoms with Gasteiger partial charge < -0.3 is 9.64 Å². The van der Waals surface area contributed by atoms with Crippen LogP contribution < -0.4 is 0 Å². The summed E-state index contributed by atoms with van der Waals surface area (Å²) in [7, 11) is 0. The summed E-state index contributed by atoms with van der Waals surface area (Å²) in [5.41, 5.74) is 1.12. The van der Waals surface area contributed by atoms with Crippen molar-refractivity contribution in [3.05, 3.63) is 34.3 Å². The summed E-state index contributed by atoms with van der Waals surface area (Å²) in [6, 6.07) is 8.09. The number of hydrogen-bond donors (Lipinski definition) is 0. The maximum absolute atomic E-state index is 11.9. The van der Waals surface area contributed by atoms with Gasteiger partial charge in [-0.2, -0.15) is 0 Å². The Balaban J connectivity index is 2.04. The van der Waals surface area contributed by atoms with Crippen LogP contribution in [0.4, 0.5) is 0 Å². The van der Waals surface area contributed by atoms with Crippen LogP contribution in [0.25, 0.3) is 0 Å². The van der Waals surface area contributed by atoms with E-state index < -0.39 is 0 Å². The minimum atomic E-state index is -0.00273. The molecule has 1 amide bonds. The Hall–Kier alpha value is -0.870. The van der Waals surface area contributed by atoms with Crippen molar-refractivity contribution in [1.82, 2.24) is 4.90 Å². The highest BCUT2D eigenvalue weighted by Crippen LogP contribution is 2.25. The average molecular weight is 312 g/mol. The molecule has 3 nitrogen and oxygen atoms in total. The van der Waals surface area contributed by atoms with Crippen LogP contribution in [0.15, 0.2) is 28.7 Å². The van der Waals surface area contributed by atoms with Crippen molar-refractivity contribution in [2.75, 3.05) is 19.7 Å². The molecule has 0 radical (unpaired) electrons. The van der Waals surface area contributed by atoms with E-state index in [0.29, 0.717) is 26.1 Å². The van der Waals surface area contributed by atoms with E-state index in [2.05, 4.69) is 22.0 Å². The average Bonchev–Trinajstić information content (AvgIpc) is 2.39. The highest BCUT2D eigenvalue weighted by atomic mass is 79.9. The fraction of sp³-hybridized carbons (Fsp3) is 0.500. The van der Waals surface area contributed by atoms with Gasteiger partial charge in [-0.05, 0) is 24.1 Å². The van der Waals surface area contributed by atoms with Gasteiger partial charge in [-0.15, -0.1) is 0 Å². The van der Waals surface area contributed by atoms with Gasteiger partial charge in [0.15, 0.2) is 0 Å². The van der Waals surface area contributed by atoms with E-state index in [0.717, 1.165) is 16.5 Å². The van der Waals surface area contributed by atoms with Crippen LogP contribution in [0.1, 0.15) is 31.4 Å². The first kappa shape index (κ1) is 13.6. The lowest BCUT2D eigenvalue weighted by Crippen LogP contribution is -2.42. The van der Waals surface area contributed by atoms with Crippen LogP contribution in [0.3, 0.4) is 0 Å². The summed E-state index contributed by atoms with van der Waals surface area (Å²) in [5, 5.41) is 0. The molecule has 18 heavy (non-hydrogen) atoms. The van der Waals surface area contributed by atoms with Gasteiger partial charge in [0, 0.05) is 17.4 Å². The molecule has 0 aromatic heterocycles. The molecule has 0 bridgehead atoms. The smallest absolute Gasteiger partial charge is 0.222 e. The second-order valence-corrected chi connectivity index (χ2v) is 5.42. The van der Waals surface area contributed by atoms with Gasteiger partial charge >= 0.3 is 0 Å². The Labute approximate surface area is 116 Å². The van der Waals surface area contributed by atoms with Gasteiger partial charge in [-0.3, -0.25) is 4.79 Å². The lowest BCUT2D eigenvalue weighted by Gasteiger charge is -2.33. The predicted octanol–water partition coefficient (Wildman–Crippen LogP) is 3.15. The number of nitrogens with zero attached hydrogens (tertiary/aromatic N) is 1. The number of hydrogen-bond acceptors (Lipinski definition) is 2. The first-order valence-electron chi connectivity index (χ1n) is 6.35. The quantitative estimate of drug-likeness (QED) is 0.858. The maximum atomic E-state index is 11.9. The van der Waals surface area contributed by atoms with Crippen molar-refractivity contribution in [2.24, 2.45) is 0 Å². The second-order valence-electron chi connectivity index (χ2n) is 4.50. The van der Waals surface area contributed by atoms with Crippen molar-refractivity contribution in [1.29, 1.82) is 0 Å². The minimum Gasteiger partial charge on any atom is -0.370 e. The summed E-state index contributed by atoms with van der Waals surface area (Å²) >= 11 is 3.46. The molecule has 1 fully saturated rings. The Bertz CT molecular complexity index is 422. The lowest BCUT2D eigenvalue weighted by molar-refractivity contribution is -0.139. The van der Waals surface area contributed by atoms with E-state index in [1.807, 2.05) is 30.0 Å². The van der Waals surface area contributed by atoms with Crippen molar-refractivity contribution in [3.8, 4) is 0 Å². The SMILES string of the molecule is CCCC(=O)N1CCOC(c2cccc(Br)c2)C1. The molecule has 4 heteroatoms. The number of amides is 1. The van der Waals surface area contributed by atoms with E-state index in [-0.39, 0.29) is 12.0 Å². The normalized spacial score (nSPS) is 19.9. The number of carbonyl (C=O) groups is 1. The van der Waals surface area contributed by atoms with Crippen LogP contribution in [0.2, 0.25) is 0 Å². The van der Waals surface area contributed by atoms with Crippen LogP contribution in [0, 0.1) is 0 Å². The summed E-state index contributed by atoms with van der Waals surface area (Å²) in [4.78, 5) is 13.8. The van der Waals surface area contributed by atoms with Gasteiger partial charge in [0.05, 0.1) is 13.2 Å². The molecule has 2 rings (SSSR count). The van der Waals surface area contributed by atoms with Gasteiger partial charge in [-0.1, -0.05) is 35.0 Å². The van der Waals surface area contributed by atoms with E-state index >= 15 is 0 Å². The van der Waals surface area contributed by atoms with Crippen LogP contribution in [0.5, 0.6) is 0 Å². The summed E-state index contributed by atoms with van der Waals surface area (Å²) < 4.78 is 6.81. The highest BCUT2D eigenvalue weighted by molar-refractivity contribution is 9.10. The Morgan fingerprint density at radius 1 is 1.56 bits per heavy atom. The summed E-state index contributed by atoms with van der Waals surface area (Å²) in [6.45, 7) is 4.02. The van der Waals surface area contributed by atoms with Gasteiger partial charge in [0.25, 0.3) is 0 Å². The van der Waals surface area contributed by atoms with Crippen LogP contribution in [-0.2, 0) is 9.53 Å². The molecule has 1 unspecified atom stereocenters. The third-order valence-electron chi connectivity index (χ3n) is 3.10. The molecule has 98 valence electrons. The van der Waals surface area contributed by atoms with E-state index in [1.165, 1.54) is 0 Å². The molecular weight excluding hydrogens is 294 g/mol. The minimum absolute atomic E-state index is 0.00273. The van der Waals surface area contributed by atoms with Gasteiger partial charge in [-0.25, -0.2) is 0 Å². The van der Waals surface area contributed by atoms with Gasteiger partial charge in [0.1, 0.15) is 6.10 Å². The first-order valence-corrected chi connectivity index (χ1v) is 7.15. The van der Waals surface area contributed by atoms with E-state index in [1.54, 1.807) is 0 Å². The number of morpholine rings is 1. The van der Waals surface area contributed by atoms with Gasteiger partial charge in [0.2, 0.25) is 5.91 Å². The maximum Gasteiger partial charge on any atom is 0.222 e. The fourth-order valence-corrected chi connectivity index (χ4v) is 2.57. The molecule has 1 aliphatic rings. The fourth-order valence-electron chi connectivity index (χ4n) is 2.16. The summed E-state index contributed by atoms with van der Waals surface area (Å²) in [5.74, 6) is 0.237. The van der Waals surface area contributed by atoms with E-state index in [9.17, 15) is 4.79 Å². The number of rotatable bonds is 3. The topological polar surface area (TPSA) is 29.5 Å². The van der Waals surface area contributed by atoms with Crippen LogP contribution >= 0.6 is 15.9 Å². The molecule has 1 saturated heterocycles. The van der Waals surface area contributed by atoms with Crippen molar-refractivity contribution in [3.63, 3.8) is 0 Å². The zero-order chi connectivity index (χ0) is 13.0. The molecule has 1 aromatic rings. The van der Waals surface area contributed by atoms with Crippen molar-refractivity contribution < 1.29 is 9.53 Å². The zero-order valence-corrected chi connectivity index (χ0v) is 12.1. The Morgan fingerprint density at radius 3 is 3.11 bits per heavy atom. The summed E-state index contributed by atoms with van der Waals surface area (Å²) in [6.07, 6.45) is 1.53. The monoisotopic (exact) mass is 311 g/mol. The highest BCUT2D eigenvalue weighted by Gasteiger charge is 2.24. The molecule has 0 aliphatic carbocycles. The first-order chi connectivity index (χ1) is 8.70. The number of benzene rings is 1. The molecule has 1 aromatic carbocycles. The molecule has 0 saturated carbocycles. The van der Waals surface area contributed by atoms with Crippen molar-refractivity contribution >= 4 is 21.8 Å². The number of ether oxygens (including phenoxy) is 1. The molecule has 1 aliphatic heterocycles. The third-order valence-corrected chi connectivity index (χ3v) is 3.60. The lowest BCUT2D eigenvalue weighted by atomic mass is 10.1. The van der Waals surface area contributed by atoms with E-state index in [4.69, 9.17) is 4.74 Å². The predicted molar refractivity (Wildman–Crippen MR) is 74.3 cm³/mol. The molecular formula is C14H18BrNO2. The van der Waals surface area contributed by atoms with Crippen molar-refractivity contribution in [2.45, 2.75) is 25.9 Å². The molecule has 0 N–H and O–H groups in total. The van der Waals surface area contributed by atoms with Crippen LogP contribution in [-0.4, -0.2) is 30.5 Å². The molecule has 1 atom stereocenters. The second kappa shape index (κ2) is 6.34.